The fourth-order valence-electron chi connectivity index (χ4n) is 15.6. The Balaban J connectivity index is 1.23. The Hall–Kier alpha value is -2.13. The van der Waals surface area contributed by atoms with Crippen LogP contribution >= 0.6 is 21.6 Å². The highest BCUT2D eigenvalue weighted by Gasteiger charge is 2.78. The van der Waals surface area contributed by atoms with Gasteiger partial charge in [-0.15, -0.1) is 0 Å². The number of unbranched alkanes of at least 4 members (excludes halogenated alkanes) is 2. The van der Waals surface area contributed by atoms with E-state index in [0.29, 0.717) is 47.8 Å². The summed E-state index contributed by atoms with van der Waals surface area (Å²) in [5, 5.41) is 96.0. The number of fused-ring (bicyclic) bond motifs is 11. The zero-order valence-electron chi connectivity index (χ0n) is 44.4. The second kappa shape index (κ2) is 23.7. The number of esters is 1. The van der Waals surface area contributed by atoms with Crippen molar-refractivity contribution in [2.24, 2.45) is 40.9 Å². The number of carbonyl (C=O) groups excluding carboxylic acids is 1. The summed E-state index contributed by atoms with van der Waals surface area (Å²) in [6.07, 6.45) is 12.4. The van der Waals surface area contributed by atoms with Crippen molar-refractivity contribution < 1.29 is 63.9 Å². The fourth-order valence-corrected chi connectivity index (χ4v) is 19.9. The lowest BCUT2D eigenvalue weighted by molar-refractivity contribution is -0.424. The molecule has 17 unspecified atom stereocenters. The minimum atomic E-state index is -2.49. The van der Waals surface area contributed by atoms with Gasteiger partial charge in [0.15, 0.2) is 16.9 Å². The lowest BCUT2D eigenvalue weighted by Crippen LogP contribution is -2.86. The SMILES string of the molecule is CCCCCC(O)CCC1C2(CCC(CNC)C2)CCC12SSCC13OC(Oc4c(CCC(=O)OCC)cc5ccoc5c4OCCNC2CCC(C)CCCC1O)C1(O)C2C(C=CC(O)C2CO)CC3(O)C1O. The molecule has 17 heteroatoms. The third-order valence-electron chi connectivity index (χ3n) is 19.4. The summed E-state index contributed by atoms with van der Waals surface area (Å²) < 4.78 is 32.5. The van der Waals surface area contributed by atoms with Crippen LogP contribution in [-0.2, 0) is 20.7 Å². The molecule has 5 bridgehead atoms. The first kappa shape index (κ1) is 56.6. The van der Waals surface area contributed by atoms with E-state index in [1.165, 1.54) is 0 Å². The molecule has 15 nitrogen and oxygen atoms in total. The number of ether oxygens (including phenoxy) is 4. The maximum atomic E-state index is 13.7. The van der Waals surface area contributed by atoms with Crippen LogP contribution in [0.5, 0.6) is 11.5 Å². The number of rotatable bonds is 14. The van der Waals surface area contributed by atoms with Crippen LogP contribution in [0.2, 0.25) is 0 Å². The van der Waals surface area contributed by atoms with Crippen molar-refractivity contribution in [1.82, 2.24) is 10.6 Å². The number of nitrogens with one attached hydrogen (secondary N) is 2. The Morgan fingerprint density at radius 3 is 2.64 bits per heavy atom. The van der Waals surface area contributed by atoms with Gasteiger partial charge in [0.05, 0.1) is 31.2 Å². The van der Waals surface area contributed by atoms with Crippen molar-refractivity contribution in [1.29, 1.82) is 0 Å². The minimum absolute atomic E-state index is 0.00137. The summed E-state index contributed by atoms with van der Waals surface area (Å²) in [7, 11) is 5.42. The van der Waals surface area contributed by atoms with Gasteiger partial charge in [0.1, 0.15) is 23.9 Å². The predicted octanol–water partition coefficient (Wildman–Crippen LogP) is 6.97. The molecule has 2 aromatic rings. The van der Waals surface area contributed by atoms with E-state index in [0.717, 1.165) is 90.0 Å². The lowest BCUT2D eigenvalue weighted by Gasteiger charge is -2.67. The molecule has 1 aromatic heterocycles. The molecule has 17 atom stereocenters. The van der Waals surface area contributed by atoms with Gasteiger partial charge in [-0.3, -0.25) is 4.79 Å². The number of furan rings is 1. The number of hydrogen-bond acceptors (Lipinski definition) is 17. The van der Waals surface area contributed by atoms with Crippen LogP contribution in [0.25, 0.3) is 11.0 Å². The van der Waals surface area contributed by atoms with Crippen LogP contribution in [0.3, 0.4) is 0 Å². The summed E-state index contributed by atoms with van der Waals surface area (Å²) in [6, 6.07) is 3.64. The third-order valence-corrected chi connectivity index (χ3v) is 22.8. The average Bonchev–Trinajstić information content (AvgIpc) is 4.11. The molecule has 9 N–H and O–H groups in total. The fraction of sp³-hybridized carbons (Fsp3) is 0.807. The molecular formula is C57H88N2O13S2. The van der Waals surface area contributed by atoms with Crippen LogP contribution in [0.15, 0.2) is 35.0 Å². The molecule has 74 heavy (non-hydrogen) atoms. The van der Waals surface area contributed by atoms with Gasteiger partial charge in [-0.1, -0.05) is 79.7 Å². The van der Waals surface area contributed by atoms with Gasteiger partial charge in [0, 0.05) is 53.3 Å². The van der Waals surface area contributed by atoms with Crippen molar-refractivity contribution in [2.45, 2.75) is 201 Å². The third kappa shape index (κ3) is 10.4. The predicted molar refractivity (Wildman–Crippen MR) is 287 cm³/mol. The summed E-state index contributed by atoms with van der Waals surface area (Å²) in [5.74, 6) is -1.83. The molecule has 2 saturated heterocycles. The number of carbonyl (C=O) groups is 1. The van der Waals surface area contributed by atoms with Crippen molar-refractivity contribution in [2.75, 3.05) is 45.7 Å². The molecule has 3 aliphatic heterocycles. The van der Waals surface area contributed by atoms with E-state index in [1.54, 1.807) is 42.2 Å². The van der Waals surface area contributed by atoms with Crippen molar-refractivity contribution in [3.8, 4) is 11.5 Å². The van der Waals surface area contributed by atoms with Crippen LogP contribution in [0.4, 0.5) is 0 Å². The van der Waals surface area contributed by atoms with E-state index in [2.05, 4.69) is 24.5 Å². The number of hydrogen-bond donors (Lipinski definition) is 9. The maximum Gasteiger partial charge on any atom is 0.306 e. The highest BCUT2D eigenvalue weighted by atomic mass is 33.1. The Labute approximate surface area is 446 Å². The summed E-state index contributed by atoms with van der Waals surface area (Å²) in [6.45, 7) is 7.46. The molecule has 4 aliphatic carbocycles. The molecule has 4 heterocycles. The van der Waals surface area contributed by atoms with E-state index in [-0.39, 0.29) is 78.3 Å². The van der Waals surface area contributed by atoms with Gasteiger partial charge >= 0.3 is 5.97 Å². The van der Waals surface area contributed by atoms with Gasteiger partial charge in [0.2, 0.25) is 12.0 Å². The highest BCUT2D eigenvalue weighted by Crippen LogP contribution is 2.69. The Kier molecular flexibility index (Phi) is 18.1. The topological polar surface area (TPSA) is 233 Å². The number of aliphatic hydroxyl groups is 7. The summed E-state index contributed by atoms with van der Waals surface area (Å²) in [4.78, 5) is 13.0. The van der Waals surface area contributed by atoms with Crippen LogP contribution < -0.4 is 20.1 Å². The first-order valence-corrected chi connectivity index (χ1v) is 30.8. The molecule has 7 aliphatic rings. The van der Waals surface area contributed by atoms with E-state index in [9.17, 15) is 40.5 Å². The van der Waals surface area contributed by atoms with E-state index in [4.69, 9.17) is 23.4 Å². The Morgan fingerprint density at radius 2 is 1.85 bits per heavy atom. The second-order valence-corrected chi connectivity index (χ2v) is 26.4. The molecule has 3 saturated carbocycles. The van der Waals surface area contributed by atoms with Crippen LogP contribution in [0.1, 0.15) is 142 Å². The van der Waals surface area contributed by atoms with Gasteiger partial charge in [-0.2, -0.15) is 0 Å². The molecule has 0 amide bonds. The number of aliphatic hydroxyl groups excluding tert-OH is 5. The summed E-state index contributed by atoms with van der Waals surface area (Å²) >= 11 is 0. The largest absolute Gasteiger partial charge is 0.485 e. The lowest BCUT2D eigenvalue weighted by atomic mass is 9.50. The van der Waals surface area contributed by atoms with E-state index in [1.807, 2.05) is 23.9 Å². The van der Waals surface area contributed by atoms with Gasteiger partial charge in [-0.05, 0) is 151 Å². The Bertz CT molecular complexity index is 2240. The van der Waals surface area contributed by atoms with Crippen molar-refractivity contribution >= 4 is 38.5 Å². The maximum absolute atomic E-state index is 13.7. The quantitative estimate of drug-likeness (QED) is 0.0402. The van der Waals surface area contributed by atoms with Gasteiger partial charge < -0.3 is 69.7 Å². The normalized spacial score (nSPS) is 40.9. The summed E-state index contributed by atoms with van der Waals surface area (Å²) in [5.41, 5.74) is -5.79. The zero-order chi connectivity index (χ0) is 52.5. The smallest absolute Gasteiger partial charge is 0.306 e. The first-order valence-electron chi connectivity index (χ1n) is 28.4. The average molecular weight is 1070 g/mol. The van der Waals surface area contributed by atoms with E-state index < -0.39 is 77.8 Å². The zero-order valence-corrected chi connectivity index (χ0v) is 46.0. The number of allylic oxidation sites excluding steroid dienone is 1. The molecule has 9 rings (SSSR count). The second-order valence-electron chi connectivity index (χ2n) is 23.7. The highest BCUT2D eigenvalue weighted by molar-refractivity contribution is 8.77. The molecule has 5 fully saturated rings. The van der Waals surface area contributed by atoms with Crippen molar-refractivity contribution in [3.05, 3.63) is 36.1 Å². The molecular weight excluding hydrogens is 985 g/mol. The van der Waals surface area contributed by atoms with Crippen LogP contribution in [0, 0.1) is 40.9 Å². The number of aryl methyl sites for hydroxylation is 1. The first-order chi connectivity index (χ1) is 35.6. The standard InChI is InChI=1S/C57H88N2O13S2/c1-5-7-8-11-40(61)16-18-43-53(23-21-36(30-53)32-58-4)24-25-54(43)44-19-13-35(3)10-9-12-45(63)56(34-73-74-54)55(66)31-39-14-17-42(62)41(33-60)47(39)57(67,51(55)65)52(72-56)71-49-37(15-20-46(64)68-6-2)29-38-22-27-69-48(38)50(49)70-28-26-59-44/h14,17,22,27,29,35-36,39-45,47,51-52,58-63,65-67H,5-13,15-16,18-21,23-26,28,30-34H2,1-4H3. The molecule has 416 valence electrons. The molecule has 0 radical (unpaired) electrons. The van der Waals surface area contributed by atoms with Crippen molar-refractivity contribution in [3.63, 3.8) is 0 Å². The van der Waals surface area contributed by atoms with Crippen LogP contribution in [-0.4, -0.2) is 146 Å². The van der Waals surface area contributed by atoms with E-state index >= 15 is 0 Å². The molecule has 1 aromatic carbocycles. The Morgan fingerprint density at radius 1 is 1.01 bits per heavy atom. The minimum Gasteiger partial charge on any atom is -0.485 e. The number of benzene rings is 1. The van der Waals surface area contributed by atoms with Gasteiger partial charge in [0.25, 0.3) is 0 Å². The molecule has 3 spiro atoms. The monoisotopic (exact) mass is 1070 g/mol. The van der Waals surface area contributed by atoms with Gasteiger partial charge in [-0.25, -0.2) is 0 Å².